The topological polar surface area (TPSA) is 33.7 Å². The van der Waals surface area contributed by atoms with Gasteiger partial charge in [0.15, 0.2) is 6.29 Å². The molecule has 1 N–H and O–H groups in total. The zero-order chi connectivity index (χ0) is 15.9. The molecule has 0 aromatic carbocycles. The van der Waals surface area contributed by atoms with Crippen LogP contribution in [0.25, 0.3) is 0 Å². The summed E-state index contributed by atoms with van der Waals surface area (Å²) >= 11 is 0. The Bertz CT molecular complexity index is 233. The highest BCUT2D eigenvalue weighted by molar-refractivity contribution is 4.58. The molecule has 0 atom stereocenters. The van der Waals surface area contributed by atoms with Gasteiger partial charge < -0.3 is 9.47 Å². The normalized spacial score (nSPS) is 16.0. The Labute approximate surface area is 137 Å². The van der Waals surface area contributed by atoms with E-state index in [1.165, 1.54) is 64.2 Å². The summed E-state index contributed by atoms with van der Waals surface area (Å²) in [4.78, 5) is 0. The zero-order valence-electron chi connectivity index (χ0n) is 14.9. The first-order valence-corrected chi connectivity index (χ1v) is 9.58. The number of ether oxygens (including phenoxy) is 2. The van der Waals surface area contributed by atoms with Crippen molar-refractivity contribution in [1.29, 1.82) is 0 Å². The van der Waals surface area contributed by atoms with Crippen molar-refractivity contribution in [2.24, 2.45) is 0 Å². The highest BCUT2D eigenvalue weighted by Gasteiger charge is 2.18. The molecule has 1 rings (SSSR count). The third-order valence-corrected chi connectivity index (χ3v) is 4.31. The molecule has 0 amide bonds. The fraction of sp³-hybridized carbons (Fsp3) is 1.00. The van der Waals surface area contributed by atoms with E-state index in [4.69, 9.17) is 9.47 Å². The van der Waals surface area contributed by atoms with E-state index in [0.717, 1.165) is 32.8 Å². The fourth-order valence-electron chi connectivity index (χ4n) is 2.85. The maximum absolute atomic E-state index is 5.49. The molecular formula is C18H38N2O2. The van der Waals surface area contributed by atoms with E-state index in [0.29, 0.717) is 0 Å². The molecule has 0 unspecified atom stereocenters. The summed E-state index contributed by atoms with van der Waals surface area (Å²) in [6.45, 7) is 8.80. The van der Waals surface area contributed by atoms with Gasteiger partial charge in [-0.1, -0.05) is 71.6 Å². The van der Waals surface area contributed by atoms with Crippen LogP contribution in [0.15, 0.2) is 0 Å². The minimum absolute atomic E-state index is 0.0415. The Morgan fingerprint density at radius 3 is 1.91 bits per heavy atom. The summed E-state index contributed by atoms with van der Waals surface area (Å²) < 4.78 is 11.0. The fourth-order valence-corrected chi connectivity index (χ4v) is 2.85. The average molecular weight is 315 g/mol. The van der Waals surface area contributed by atoms with E-state index in [-0.39, 0.29) is 6.29 Å². The Morgan fingerprint density at radius 2 is 1.36 bits per heavy atom. The minimum Gasteiger partial charge on any atom is -0.349 e. The SMILES string of the molecule is CCCCCCCCCCCCNN(CC)CC1OCCO1. The first kappa shape index (κ1) is 19.9. The van der Waals surface area contributed by atoms with Gasteiger partial charge >= 0.3 is 0 Å². The molecule has 1 heterocycles. The van der Waals surface area contributed by atoms with Crippen LogP contribution in [0.1, 0.15) is 78.1 Å². The second kappa shape index (κ2) is 14.4. The lowest BCUT2D eigenvalue weighted by atomic mass is 10.1. The molecule has 0 aliphatic carbocycles. The molecule has 0 aromatic rings. The Kier molecular flexibility index (Phi) is 13.0. The molecule has 1 aliphatic rings. The van der Waals surface area contributed by atoms with E-state index in [1.54, 1.807) is 0 Å². The van der Waals surface area contributed by atoms with Gasteiger partial charge in [-0.05, 0) is 6.42 Å². The summed E-state index contributed by atoms with van der Waals surface area (Å²) in [6.07, 6.45) is 13.8. The Balaban J connectivity index is 1.83. The second-order valence-electron chi connectivity index (χ2n) is 6.30. The van der Waals surface area contributed by atoms with E-state index in [9.17, 15) is 0 Å². The minimum atomic E-state index is -0.0415. The number of hydrazine groups is 1. The molecule has 4 nitrogen and oxygen atoms in total. The van der Waals surface area contributed by atoms with E-state index in [1.807, 2.05) is 0 Å². The van der Waals surface area contributed by atoms with Crippen molar-refractivity contribution in [1.82, 2.24) is 10.4 Å². The molecule has 1 aliphatic heterocycles. The highest BCUT2D eigenvalue weighted by atomic mass is 16.7. The predicted octanol–water partition coefficient (Wildman–Crippen LogP) is 4.11. The number of rotatable bonds is 15. The number of hydrogen-bond acceptors (Lipinski definition) is 4. The van der Waals surface area contributed by atoms with Gasteiger partial charge in [-0.25, -0.2) is 5.01 Å². The second-order valence-corrected chi connectivity index (χ2v) is 6.30. The van der Waals surface area contributed by atoms with Crippen molar-refractivity contribution in [3.05, 3.63) is 0 Å². The number of unbranched alkanes of at least 4 members (excludes halogenated alkanes) is 9. The lowest BCUT2D eigenvalue weighted by molar-refractivity contribution is -0.0697. The Morgan fingerprint density at radius 1 is 0.818 bits per heavy atom. The van der Waals surface area contributed by atoms with Crippen molar-refractivity contribution in [3.8, 4) is 0 Å². The van der Waals surface area contributed by atoms with Crippen molar-refractivity contribution >= 4 is 0 Å². The van der Waals surface area contributed by atoms with Gasteiger partial charge in [0.25, 0.3) is 0 Å². The van der Waals surface area contributed by atoms with Gasteiger partial charge in [0.05, 0.1) is 19.8 Å². The van der Waals surface area contributed by atoms with Gasteiger partial charge in [-0.2, -0.15) is 0 Å². The molecule has 0 aromatic heterocycles. The first-order chi connectivity index (χ1) is 10.9. The lowest BCUT2D eigenvalue weighted by Gasteiger charge is -2.24. The van der Waals surface area contributed by atoms with E-state index in [2.05, 4.69) is 24.3 Å². The largest absolute Gasteiger partial charge is 0.349 e. The smallest absolute Gasteiger partial charge is 0.171 e. The van der Waals surface area contributed by atoms with Crippen LogP contribution in [0.3, 0.4) is 0 Å². The number of nitrogens with zero attached hydrogens (tertiary/aromatic N) is 1. The summed E-state index contributed by atoms with van der Waals surface area (Å²) in [7, 11) is 0. The summed E-state index contributed by atoms with van der Waals surface area (Å²) in [5.41, 5.74) is 3.49. The number of nitrogens with one attached hydrogen (secondary N) is 1. The molecule has 22 heavy (non-hydrogen) atoms. The van der Waals surface area contributed by atoms with E-state index >= 15 is 0 Å². The van der Waals surface area contributed by atoms with E-state index < -0.39 is 0 Å². The molecule has 1 saturated heterocycles. The molecule has 0 saturated carbocycles. The molecule has 1 fully saturated rings. The zero-order valence-corrected chi connectivity index (χ0v) is 14.9. The van der Waals surface area contributed by atoms with Gasteiger partial charge in [0.1, 0.15) is 0 Å². The van der Waals surface area contributed by atoms with Crippen LogP contribution in [0.5, 0.6) is 0 Å². The van der Waals surface area contributed by atoms with Gasteiger partial charge in [0, 0.05) is 13.1 Å². The van der Waals surface area contributed by atoms with Gasteiger partial charge in [-0.3, -0.25) is 5.43 Å². The van der Waals surface area contributed by atoms with Crippen molar-refractivity contribution in [2.45, 2.75) is 84.3 Å². The van der Waals surface area contributed by atoms with Gasteiger partial charge in [0.2, 0.25) is 0 Å². The molecule has 0 spiro atoms. The maximum atomic E-state index is 5.49. The van der Waals surface area contributed by atoms with Crippen LogP contribution < -0.4 is 5.43 Å². The maximum Gasteiger partial charge on any atom is 0.171 e. The standard InChI is InChI=1S/C18H38N2O2/c1-3-5-6-7-8-9-10-11-12-13-14-19-20(4-2)17-18-21-15-16-22-18/h18-19H,3-17H2,1-2H3. The van der Waals surface area contributed by atoms with Crippen LogP contribution >= 0.6 is 0 Å². The number of hydrogen-bond donors (Lipinski definition) is 1. The molecule has 0 radical (unpaired) electrons. The quantitative estimate of drug-likeness (QED) is 0.364. The van der Waals surface area contributed by atoms with Crippen molar-refractivity contribution in [2.75, 3.05) is 32.8 Å². The monoisotopic (exact) mass is 314 g/mol. The molecule has 132 valence electrons. The Hall–Kier alpha value is -0.160. The molecule has 4 heteroatoms. The summed E-state index contributed by atoms with van der Waals surface area (Å²) in [6, 6.07) is 0. The van der Waals surface area contributed by atoms with Crippen LogP contribution in [-0.2, 0) is 9.47 Å². The van der Waals surface area contributed by atoms with Crippen LogP contribution in [0.2, 0.25) is 0 Å². The predicted molar refractivity (Wildman–Crippen MR) is 92.8 cm³/mol. The van der Waals surface area contributed by atoms with Crippen LogP contribution in [0.4, 0.5) is 0 Å². The summed E-state index contributed by atoms with van der Waals surface area (Å²) in [5, 5.41) is 2.21. The third kappa shape index (κ3) is 10.5. The average Bonchev–Trinajstić information content (AvgIpc) is 3.04. The molecule has 0 bridgehead atoms. The van der Waals surface area contributed by atoms with Crippen molar-refractivity contribution in [3.63, 3.8) is 0 Å². The van der Waals surface area contributed by atoms with Crippen molar-refractivity contribution < 1.29 is 9.47 Å². The van der Waals surface area contributed by atoms with Crippen LogP contribution in [0, 0.1) is 0 Å². The van der Waals surface area contributed by atoms with Gasteiger partial charge in [-0.15, -0.1) is 0 Å². The molecular weight excluding hydrogens is 276 g/mol. The highest BCUT2D eigenvalue weighted by Crippen LogP contribution is 2.10. The lowest BCUT2D eigenvalue weighted by Crippen LogP contribution is -2.43. The third-order valence-electron chi connectivity index (χ3n) is 4.31. The first-order valence-electron chi connectivity index (χ1n) is 9.58. The van der Waals surface area contributed by atoms with Crippen LogP contribution in [-0.4, -0.2) is 44.1 Å². The number of likely N-dealkylation sites (N-methyl/N-ethyl adjacent to an activating group) is 1. The summed E-state index contributed by atoms with van der Waals surface area (Å²) in [5.74, 6) is 0.